The Hall–Kier alpha value is -3.06. The molecule has 0 aromatic heterocycles. The van der Waals surface area contributed by atoms with Crippen molar-refractivity contribution in [2.24, 2.45) is 0 Å². The number of aryl methyl sites for hydroxylation is 2. The zero-order valence-electron chi connectivity index (χ0n) is 36.8. The molecule has 0 aliphatic rings. The van der Waals surface area contributed by atoms with Gasteiger partial charge in [0.25, 0.3) is 0 Å². The van der Waals surface area contributed by atoms with Gasteiger partial charge in [-0.1, -0.05) is 78.6 Å². The van der Waals surface area contributed by atoms with Crippen molar-refractivity contribution in [1.82, 2.24) is 0 Å². The zero-order valence-corrected chi connectivity index (χ0v) is 41.8. The first-order valence-corrected chi connectivity index (χ1v) is 25.6. The molecule has 0 heterocycles. The van der Waals surface area contributed by atoms with Gasteiger partial charge in [0, 0.05) is 0 Å². The Bertz CT molecular complexity index is 2320. The maximum Gasteiger partial charge on any atom is 0.416 e. The third kappa shape index (κ3) is 13.8. The number of hydrogen-bond donors (Lipinski definition) is 0. The second-order valence-corrected chi connectivity index (χ2v) is 25.9. The van der Waals surface area contributed by atoms with Crippen LogP contribution >= 0.6 is 0 Å². The summed E-state index contributed by atoms with van der Waals surface area (Å²) in [5, 5.41) is 2.96. The Balaban J connectivity index is 0.000000380. The smallest absolute Gasteiger partial charge is 0.416 e. The number of halogens is 14. The molecule has 16 heteroatoms. The van der Waals surface area contributed by atoms with Gasteiger partial charge in [0.15, 0.2) is 0 Å². The molecule has 0 nitrogen and oxygen atoms in total. The fourth-order valence-corrected chi connectivity index (χ4v) is 10.2. The number of benzene rings is 4. The second-order valence-electron chi connectivity index (χ2n) is 17.5. The summed E-state index contributed by atoms with van der Waals surface area (Å²) in [6.07, 6.45) is -18.1. The standard InChI is InChI=1S/2C22H19F6.C4H10Si.2ClH.Zr/c2*1-12-18(20(2,3)4)10-13-6-5-7-17(19(12)13)14-8-15(21(23,24)25)11-16(9-14)22(26,27)28;1-3-4-5-2;;;/h2*5-11H,1-4H3;3-4H2,1-2H3;2*1H;/q2*-1;;;;+2/p-2. The Labute approximate surface area is 394 Å². The van der Waals surface area contributed by atoms with Crippen molar-refractivity contribution in [3.05, 3.63) is 129 Å². The third-order valence-corrected chi connectivity index (χ3v) is 13.5. The fourth-order valence-electron chi connectivity index (χ4n) is 7.65. The summed E-state index contributed by atoms with van der Waals surface area (Å²) in [5.41, 5.74) is -1.15. The van der Waals surface area contributed by atoms with Crippen molar-refractivity contribution in [2.75, 3.05) is 0 Å². The second kappa shape index (κ2) is 20.8. The molecule has 348 valence electrons. The predicted octanol–water partition coefficient (Wildman–Crippen LogP) is 11.3. The van der Waals surface area contributed by atoms with Crippen LogP contribution in [-0.2, 0) is 58.9 Å². The van der Waals surface area contributed by atoms with Crippen LogP contribution in [0, 0.1) is 13.8 Å². The van der Waals surface area contributed by atoms with E-state index >= 15 is 0 Å². The van der Waals surface area contributed by atoms with Gasteiger partial charge in [0.1, 0.15) is 0 Å². The molecule has 0 saturated heterocycles. The van der Waals surface area contributed by atoms with Crippen LogP contribution in [0.5, 0.6) is 0 Å². The minimum atomic E-state index is -4.87. The normalized spacial score (nSPS) is 12.5. The van der Waals surface area contributed by atoms with E-state index in [1.165, 1.54) is 12.5 Å². The maximum absolute atomic E-state index is 13.2. The Morgan fingerprint density at radius 2 is 0.781 bits per heavy atom. The SMILES string of the molecule is CCC[Si](C)=[Zr+2].Cc1c(C(C)(C)C)[cH-]c2cccc(-c3cc(C(F)(F)F)cc(C(F)(F)F)c3)c12.Cc1c(C(C)(C)C)[cH-]c2cccc(-c3cc(C(F)(F)F)cc(C(F)(F)F)c3)c12.[Cl-].[Cl-]. The molecule has 0 spiro atoms. The minimum Gasteiger partial charge on any atom is -1.00 e. The molecule has 0 amide bonds. The van der Waals surface area contributed by atoms with Crippen LogP contribution < -0.4 is 24.8 Å². The van der Waals surface area contributed by atoms with E-state index < -0.39 is 47.0 Å². The van der Waals surface area contributed by atoms with Gasteiger partial charge in [-0.3, -0.25) is 0 Å². The van der Waals surface area contributed by atoms with Gasteiger partial charge >= 0.3 is 79.4 Å². The molecule has 6 rings (SSSR count). The van der Waals surface area contributed by atoms with Gasteiger partial charge in [-0.15, -0.1) is 69.1 Å². The largest absolute Gasteiger partial charge is 1.00 e. The fraction of sp³-hybridized carbons (Fsp3) is 0.375. The molecular weight excluding hydrogens is 995 g/mol. The van der Waals surface area contributed by atoms with Crippen LogP contribution in [0.4, 0.5) is 52.7 Å². The van der Waals surface area contributed by atoms with E-state index in [1.54, 1.807) is 47.6 Å². The number of rotatable bonds is 4. The molecule has 0 radical (unpaired) electrons. The molecule has 0 bridgehead atoms. The molecule has 0 fully saturated rings. The summed E-state index contributed by atoms with van der Waals surface area (Å²) < 4.78 is 159. The quantitative estimate of drug-likeness (QED) is 0.0938. The van der Waals surface area contributed by atoms with Gasteiger partial charge < -0.3 is 24.8 Å². The van der Waals surface area contributed by atoms with Crippen LogP contribution in [0.1, 0.15) is 99.4 Å². The van der Waals surface area contributed by atoms with Gasteiger partial charge in [0.05, 0.1) is 22.3 Å². The van der Waals surface area contributed by atoms with E-state index in [0.717, 1.165) is 57.3 Å². The van der Waals surface area contributed by atoms with Gasteiger partial charge in [-0.2, -0.15) is 63.8 Å². The predicted molar refractivity (Wildman–Crippen MR) is 224 cm³/mol. The van der Waals surface area contributed by atoms with Crippen LogP contribution in [0.2, 0.25) is 12.6 Å². The summed E-state index contributed by atoms with van der Waals surface area (Å²) in [6.45, 7) is 20.4. The summed E-state index contributed by atoms with van der Waals surface area (Å²) in [7, 11) is 0. The molecular formula is C48H48Cl2F12SiZr-2. The first-order chi connectivity index (χ1) is 28.2. The van der Waals surface area contributed by atoms with Crippen LogP contribution in [0.25, 0.3) is 43.8 Å². The summed E-state index contributed by atoms with van der Waals surface area (Å²) >= 11 is 1.79. The average Bonchev–Trinajstić information content (AvgIpc) is 3.67. The number of fused-ring (bicyclic) bond motifs is 2. The molecule has 0 aliphatic carbocycles. The Morgan fingerprint density at radius 3 is 0.984 bits per heavy atom. The van der Waals surface area contributed by atoms with E-state index in [-0.39, 0.29) is 64.3 Å². The molecule has 0 saturated carbocycles. The third-order valence-electron chi connectivity index (χ3n) is 10.4. The number of alkyl halides is 12. The van der Waals surface area contributed by atoms with Gasteiger partial charge in [-0.25, -0.2) is 0 Å². The summed E-state index contributed by atoms with van der Waals surface area (Å²) in [4.78, 5) is 0. The average molecular weight is 1040 g/mol. The molecule has 6 aromatic rings. The monoisotopic (exact) mass is 1040 g/mol. The van der Waals surface area contributed by atoms with E-state index in [1.807, 2.05) is 79.7 Å². The van der Waals surface area contributed by atoms with Crippen molar-refractivity contribution in [2.45, 2.75) is 117 Å². The van der Waals surface area contributed by atoms with Gasteiger partial charge in [0.2, 0.25) is 0 Å². The maximum atomic E-state index is 13.2. The molecule has 0 unspecified atom stereocenters. The summed E-state index contributed by atoms with van der Waals surface area (Å²) in [5.74, 6) is 0. The number of hydrogen-bond acceptors (Lipinski definition) is 0. The van der Waals surface area contributed by atoms with E-state index in [0.29, 0.717) is 21.9 Å². The first-order valence-electron chi connectivity index (χ1n) is 19.7. The zero-order chi connectivity index (χ0) is 47.1. The Kier molecular flexibility index (Phi) is 18.6. The molecule has 0 N–H and O–H groups in total. The van der Waals surface area contributed by atoms with Crippen LogP contribution in [0.15, 0.2) is 84.9 Å². The van der Waals surface area contributed by atoms with E-state index in [9.17, 15) is 52.7 Å². The van der Waals surface area contributed by atoms with E-state index in [4.69, 9.17) is 0 Å². The van der Waals surface area contributed by atoms with Crippen LogP contribution in [-0.4, -0.2) is 5.43 Å². The van der Waals surface area contributed by atoms with Crippen molar-refractivity contribution < 1.29 is 101 Å². The first kappa shape index (κ1) is 57.1. The summed E-state index contributed by atoms with van der Waals surface area (Å²) in [6, 6.07) is 18.9. The van der Waals surface area contributed by atoms with Crippen molar-refractivity contribution in [3.8, 4) is 22.3 Å². The van der Waals surface area contributed by atoms with Crippen molar-refractivity contribution in [1.29, 1.82) is 0 Å². The minimum absolute atomic E-state index is 0. The van der Waals surface area contributed by atoms with Crippen LogP contribution in [0.3, 0.4) is 0 Å². The molecule has 0 atom stereocenters. The van der Waals surface area contributed by atoms with E-state index in [2.05, 4.69) is 13.5 Å². The Morgan fingerprint density at radius 1 is 0.500 bits per heavy atom. The molecule has 64 heavy (non-hydrogen) atoms. The van der Waals surface area contributed by atoms with Crippen molar-refractivity contribution in [3.63, 3.8) is 0 Å². The van der Waals surface area contributed by atoms with Gasteiger partial charge in [-0.05, 0) is 58.4 Å². The molecule has 0 aliphatic heterocycles. The van der Waals surface area contributed by atoms with Crippen molar-refractivity contribution >= 4 is 27.0 Å². The topological polar surface area (TPSA) is 0 Å². The molecule has 6 aromatic carbocycles.